The van der Waals surface area contributed by atoms with Gasteiger partial charge in [0.15, 0.2) is 0 Å². The molecule has 7 nitrogen and oxygen atoms in total. The minimum Gasteiger partial charge on any atom is -0.469 e. The van der Waals surface area contributed by atoms with E-state index in [0.29, 0.717) is 23.8 Å². The van der Waals surface area contributed by atoms with Crippen molar-refractivity contribution in [3.8, 4) is 0 Å². The Bertz CT molecular complexity index is 868. The van der Waals surface area contributed by atoms with Crippen LogP contribution in [0.15, 0.2) is 57.9 Å². The monoisotopic (exact) mass is 337 g/mol. The van der Waals surface area contributed by atoms with Crippen molar-refractivity contribution >= 4 is 11.6 Å². The molecule has 25 heavy (non-hydrogen) atoms. The van der Waals surface area contributed by atoms with Crippen LogP contribution in [0.2, 0.25) is 0 Å². The van der Waals surface area contributed by atoms with Gasteiger partial charge in [0.05, 0.1) is 12.7 Å². The minimum absolute atomic E-state index is 0.216. The average Bonchev–Trinajstić information content (AvgIpc) is 3.17. The Labute approximate surface area is 144 Å². The van der Waals surface area contributed by atoms with Crippen LogP contribution in [0.1, 0.15) is 11.5 Å². The zero-order valence-corrected chi connectivity index (χ0v) is 13.8. The Kier molecular flexibility index (Phi) is 4.20. The molecule has 3 aromatic rings. The van der Waals surface area contributed by atoms with E-state index in [1.807, 2.05) is 24.3 Å². The lowest BCUT2D eigenvalue weighted by Crippen LogP contribution is -2.47. The highest BCUT2D eigenvalue weighted by molar-refractivity contribution is 5.48. The summed E-state index contributed by atoms with van der Waals surface area (Å²) >= 11 is 0. The van der Waals surface area contributed by atoms with Crippen molar-refractivity contribution in [2.45, 2.75) is 6.42 Å². The predicted octanol–water partition coefficient (Wildman–Crippen LogP) is 1.68. The predicted molar refractivity (Wildman–Crippen MR) is 95.0 cm³/mol. The number of hydrogen-bond donors (Lipinski definition) is 1. The molecule has 0 bridgehead atoms. The van der Waals surface area contributed by atoms with E-state index in [9.17, 15) is 4.79 Å². The fourth-order valence-corrected chi connectivity index (χ4v) is 3.00. The van der Waals surface area contributed by atoms with Crippen LogP contribution in [0.25, 0.3) is 0 Å². The standard InChI is InChI=1S/C18H19N5O2/c24-17-16(13-15-7-4-12-25-15)20-21-18(19-17)23-10-8-22(9-11-23)14-5-2-1-3-6-14/h1-7,12H,8-11,13H2,(H,19,21,24). The van der Waals surface area contributed by atoms with E-state index in [4.69, 9.17) is 4.42 Å². The summed E-state index contributed by atoms with van der Waals surface area (Å²) in [5.41, 5.74) is 1.36. The van der Waals surface area contributed by atoms with Gasteiger partial charge in [-0.3, -0.25) is 9.78 Å². The van der Waals surface area contributed by atoms with E-state index < -0.39 is 0 Å². The lowest BCUT2D eigenvalue weighted by molar-refractivity contribution is 0.517. The smallest absolute Gasteiger partial charge is 0.274 e. The molecule has 0 saturated carbocycles. The van der Waals surface area contributed by atoms with Crippen LogP contribution in [0.3, 0.4) is 0 Å². The molecule has 128 valence electrons. The van der Waals surface area contributed by atoms with Gasteiger partial charge in [-0.25, -0.2) is 0 Å². The summed E-state index contributed by atoms with van der Waals surface area (Å²) in [5.74, 6) is 1.23. The first-order valence-corrected chi connectivity index (χ1v) is 8.33. The van der Waals surface area contributed by atoms with Gasteiger partial charge in [-0.2, -0.15) is 0 Å². The normalized spacial score (nSPS) is 14.7. The van der Waals surface area contributed by atoms with Crippen LogP contribution in [-0.4, -0.2) is 41.4 Å². The molecule has 0 atom stereocenters. The van der Waals surface area contributed by atoms with Gasteiger partial charge < -0.3 is 14.2 Å². The highest BCUT2D eigenvalue weighted by Gasteiger charge is 2.20. The number of aromatic nitrogens is 3. The summed E-state index contributed by atoms with van der Waals surface area (Å²) in [6.45, 7) is 3.33. The molecule has 2 aromatic heterocycles. The van der Waals surface area contributed by atoms with Crippen LogP contribution in [0.4, 0.5) is 11.6 Å². The largest absolute Gasteiger partial charge is 0.469 e. The van der Waals surface area contributed by atoms with Crippen molar-refractivity contribution in [1.82, 2.24) is 15.2 Å². The molecule has 4 rings (SSSR count). The zero-order valence-electron chi connectivity index (χ0n) is 13.8. The Morgan fingerprint density at radius 2 is 1.72 bits per heavy atom. The fourth-order valence-electron chi connectivity index (χ4n) is 3.00. The molecule has 3 heterocycles. The second kappa shape index (κ2) is 6.80. The van der Waals surface area contributed by atoms with Gasteiger partial charge in [-0.15, -0.1) is 10.2 Å². The number of hydrogen-bond acceptors (Lipinski definition) is 6. The first kappa shape index (κ1) is 15.4. The molecular weight excluding hydrogens is 318 g/mol. The number of piperazine rings is 1. The van der Waals surface area contributed by atoms with Gasteiger partial charge in [0, 0.05) is 31.9 Å². The van der Waals surface area contributed by atoms with Gasteiger partial charge in [0.2, 0.25) is 5.95 Å². The SMILES string of the molecule is O=c1[nH]c(N2CCN(c3ccccc3)CC2)nnc1Cc1ccco1. The highest BCUT2D eigenvalue weighted by atomic mass is 16.3. The Hall–Kier alpha value is -3.09. The first-order chi connectivity index (χ1) is 12.3. The Morgan fingerprint density at radius 1 is 0.960 bits per heavy atom. The molecule has 1 N–H and O–H groups in total. The maximum Gasteiger partial charge on any atom is 0.274 e. The number of furan rings is 1. The number of aromatic amines is 1. The number of para-hydroxylation sites is 1. The summed E-state index contributed by atoms with van der Waals surface area (Å²) < 4.78 is 5.26. The quantitative estimate of drug-likeness (QED) is 0.780. The van der Waals surface area contributed by atoms with Crippen molar-refractivity contribution in [2.75, 3.05) is 36.0 Å². The number of nitrogens with one attached hydrogen (secondary N) is 1. The van der Waals surface area contributed by atoms with Crippen molar-refractivity contribution in [2.24, 2.45) is 0 Å². The molecule has 0 amide bonds. The number of benzene rings is 1. The van der Waals surface area contributed by atoms with Crippen LogP contribution in [-0.2, 0) is 6.42 Å². The topological polar surface area (TPSA) is 78.3 Å². The maximum absolute atomic E-state index is 12.3. The molecule has 7 heteroatoms. The summed E-state index contributed by atoms with van der Waals surface area (Å²) in [7, 11) is 0. The minimum atomic E-state index is -0.216. The van der Waals surface area contributed by atoms with Crippen LogP contribution < -0.4 is 15.4 Å². The Balaban J connectivity index is 1.43. The number of rotatable bonds is 4. The average molecular weight is 337 g/mol. The summed E-state index contributed by atoms with van der Waals surface area (Å²) in [6, 6.07) is 13.9. The van der Waals surface area contributed by atoms with Crippen molar-refractivity contribution in [3.05, 3.63) is 70.5 Å². The molecule has 1 saturated heterocycles. The zero-order chi connectivity index (χ0) is 17.1. The molecule has 0 radical (unpaired) electrons. The molecule has 0 unspecified atom stereocenters. The van der Waals surface area contributed by atoms with E-state index in [1.165, 1.54) is 5.69 Å². The van der Waals surface area contributed by atoms with Crippen molar-refractivity contribution in [1.29, 1.82) is 0 Å². The summed E-state index contributed by atoms with van der Waals surface area (Å²) in [6.07, 6.45) is 1.93. The van der Waals surface area contributed by atoms with Gasteiger partial charge in [0.1, 0.15) is 11.5 Å². The third kappa shape index (κ3) is 3.40. The molecule has 1 aromatic carbocycles. The molecular formula is C18H19N5O2. The number of H-pyrrole nitrogens is 1. The first-order valence-electron chi connectivity index (χ1n) is 8.33. The maximum atomic E-state index is 12.3. The van der Waals surface area contributed by atoms with Crippen LogP contribution in [0.5, 0.6) is 0 Å². The van der Waals surface area contributed by atoms with E-state index >= 15 is 0 Å². The molecule has 1 aliphatic rings. The van der Waals surface area contributed by atoms with Crippen molar-refractivity contribution < 1.29 is 4.42 Å². The highest BCUT2D eigenvalue weighted by Crippen LogP contribution is 2.17. The van der Waals surface area contributed by atoms with Gasteiger partial charge in [-0.05, 0) is 24.3 Å². The fraction of sp³-hybridized carbons (Fsp3) is 0.278. The molecule has 1 fully saturated rings. The lowest BCUT2D eigenvalue weighted by Gasteiger charge is -2.36. The van der Waals surface area contributed by atoms with Gasteiger partial charge >= 0.3 is 0 Å². The van der Waals surface area contributed by atoms with Gasteiger partial charge in [-0.1, -0.05) is 18.2 Å². The number of nitrogens with zero attached hydrogens (tertiary/aromatic N) is 4. The second-order valence-corrected chi connectivity index (χ2v) is 5.99. The molecule has 1 aliphatic heterocycles. The van der Waals surface area contributed by atoms with E-state index in [0.717, 1.165) is 26.2 Å². The van der Waals surface area contributed by atoms with E-state index in [2.05, 4.69) is 37.1 Å². The van der Waals surface area contributed by atoms with Gasteiger partial charge in [0.25, 0.3) is 5.56 Å². The van der Waals surface area contributed by atoms with E-state index in [1.54, 1.807) is 12.3 Å². The second-order valence-electron chi connectivity index (χ2n) is 5.99. The third-order valence-corrected chi connectivity index (χ3v) is 4.38. The summed E-state index contributed by atoms with van der Waals surface area (Å²) in [4.78, 5) is 19.5. The summed E-state index contributed by atoms with van der Waals surface area (Å²) in [5, 5.41) is 8.30. The van der Waals surface area contributed by atoms with E-state index in [-0.39, 0.29) is 5.56 Å². The van der Waals surface area contributed by atoms with Crippen molar-refractivity contribution in [3.63, 3.8) is 0 Å². The molecule has 0 spiro atoms. The Morgan fingerprint density at radius 3 is 2.40 bits per heavy atom. The lowest BCUT2D eigenvalue weighted by atomic mass is 10.2. The number of anilines is 2. The third-order valence-electron chi connectivity index (χ3n) is 4.38. The van der Waals surface area contributed by atoms with Crippen LogP contribution in [0, 0.1) is 0 Å². The molecule has 0 aliphatic carbocycles. The van der Waals surface area contributed by atoms with Crippen LogP contribution >= 0.6 is 0 Å².